The van der Waals surface area contributed by atoms with Gasteiger partial charge in [-0.05, 0) is 37.0 Å². The molecular formula is C16H25BrClFN2. The van der Waals surface area contributed by atoms with Gasteiger partial charge in [0.05, 0.1) is 0 Å². The third kappa shape index (κ3) is 4.92. The van der Waals surface area contributed by atoms with Gasteiger partial charge in [0.25, 0.3) is 0 Å². The molecule has 0 unspecified atom stereocenters. The second-order valence-corrected chi connectivity index (χ2v) is 6.97. The third-order valence-corrected chi connectivity index (χ3v) is 4.35. The monoisotopic (exact) mass is 378 g/mol. The Morgan fingerprint density at radius 3 is 2.48 bits per heavy atom. The fraction of sp³-hybridized carbons (Fsp3) is 0.625. The summed E-state index contributed by atoms with van der Waals surface area (Å²) in [5.41, 5.74) is 1.56. The number of piperazine rings is 1. The lowest BCUT2D eigenvalue weighted by Crippen LogP contribution is -2.45. The molecule has 1 fully saturated rings. The lowest BCUT2D eigenvalue weighted by molar-refractivity contribution is 0.151. The lowest BCUT2D eigenvalue weighted by atomic mass is 9.93. The second-order valence-electron chi connectivity index (χ2n) is 6.06. The molecule has 2 nitrogen and oxygen atoms in total. The highest BCUT2D eigenvalue weighted by atomic mass is 79.9. The van der Waals surface area contributed by atoms with E-state index in [0.717, 1.165) is 48.2 Å². The highest BCUT2D eigenvalue weighted by Gasteiger charge is 2.26. The van der Waals surface area contributed by atoms with E-state index < -0.39 is 0 Å². The standard InChI is InChI=1S/C16H24BrFN2.ClH/c1-11(2)8-15(20-6-4-19-5-7-20)14-10-13(17)9-12(3)16(14)18;/h9-11,15,19H,4-8H2,1-3H3;1H/t15-;/m1./s1. The van der Waals surface area contributed by atoms with E-state index in [4.69, 9.17) is 0 Å². The van der Waals surface area contributed by atoms with Crippen LogP contribution in [0.5, 0.6) is 0 Å². The number of nitrogens with one attached hydrogen (secondary N) is 1. The zero-order chi connectivity index (χ0) is 14.7. The van der Waals surface area contributed by atoms with Crippen molar-refractivity contribution in [2.75, 3.05) is 26.2 Å². The first kappa shape index (κ1) is 18.9. The number of hydrogen-bond acceptors (Lipinski definition) is 2. The van der Waals surface area contributed by atoms with E-state index in [1.165, 1.54) is 0 Å². The Morgan fingerprint density at radius 2 is 1.90 bits per heavy atom. The van der Waals surface area contributed by atoms with E-state index in [1.807, 2.05) is 19.1 Å². The number of nitrogens with zero attached hydrogens (tertiary/aromatic N) is 1. The summed E-state index contributed by atoms with van der Waals surface area (Å²) in [5, 5.41) is 3.37. The van der Waals surface area contributed by atoms with Crippen LogP contribution >= 0.6 is 28.3 Å². The molecule has 5 heteroatoms. The minimum absolute atomic E-state index is 0. The minimum atomic E-state index is -0.0441. The summed E-state index contributed by atoms with van der Waals surface area (Å²) >= 11 is 3.51. The van der Waals surface area contributed by atoms with Crippen LogP contribution in [0, 0.1) is 18.7 Å². The molecule has 2 rings (SSSR count). The maximum atomic E-state index is 14.6. The molecule has 1 aliphatic rings. The normalized spacial score (nSPS) is 17.6. The van der Waals surface area contributed by atoms with Crippen LogP contribution in [0.3, 0.4) is 0 Å². The van der Waals surface area contributed by atoms with Crippen molar-refractivity contribution >= 4 is 28.3 Å². The Morgan fingerprint density at radius 1 is 1.29 bits per heavy atom. The topological polar surface area (TPSA) is 15.3 Å². The van der Waals surface area contributed by atoms with Crippen molar-refractivity contribution in [2.45, 2.75) is 33.2 Å². The Bertz CT molecular complexity index is 462. The molecule has 0 aliphatic carbocycles. The molecule has 0 radical (unpaired) electrons. The minimum Gasteiger partial charge on any atom is -0.314 e. The Kier molecular flexibility index (Phi) is 7.62. The van der Waals surface area contributed by atoms with Gasteiger partial charge in [-0.15, -0.1) is 12.4 Å². The maximum Gasteiger partial charge on any atom is 0.130 e. The summed E-state index contributed by atoms with van der Waals surface area (Å²) in [6.45, 7) is 10.2. The average Bonchev–Trinajstić information content (AvgIpc) is 2.41. The molecule has 1 aromatic carbocycles. The van der Waals surface area contributed by atoms with E-state index in [2.05, 4.69) is 40.0 Å². The van der Waals surface area contributed by atoms with Crippen molar-refractivity contribution in [3.8, 4) is 0 Å². The first-order chi connectivity index (χ1) is 9.49. The quantitative estimate of drug-likeness (QED) is 0.838. The van der Waals surface area contributed by atoms with E-state index in [9.17, 15) is 4.39 Å². The van der Waals surface area contributed by atoms with Crippen LogP contribution in [0.4, 0.5) is 4.39 Å². The molecule has 0 bridgehead atoms. The summed E-state index contributed by atoms with van der Waals surface area (Å²) in [5.74, 6) is 0.506. The molecule has 120 valence electrons. The summed E-state index contributed by atoms with van der Waals surface area (Å²) < 4.78 is 15.5. The average molecular weight is 380 g/mol. The molecule has 0 spiro atoms. The highest BCUT2D eigenvalue weighted by molar-refractivity contribution is 9.10. The third-order valence-electron chi connectivity index (χ3n) is 3.89. The molecule has 0 amide bonds. The summed E-state index contributed by atoms with van der Waals surface area (Å²) in [4.78, 5) is 2.42. The number of benzene rings is 1. The molecule has 1 heterocycles. The summed E-state index contributed by atoms with van der Waals surface area (Å²) in [7, 11) is 0. The number of aryl methyl sites for hydroxylation is 1. The van der Waals surface area contributed by atoms with Gasteiger partial charge in [-0.2, -0.15) is 0 Å². The Hall–Kier alpha value is -0.160. The van der Waals surface area contributed by atoms with Crippen LogP contribution in [0.15, 0.2) is 16.6 Å². The molecular weight excluding hydrogens is 355 g/mol. The van der Waals surface area contributed by atoms with Crippen molar-refractivity contribution < 1.29 is 4.39 Å². The predicted octanol–water partition coefficient (Wildman–Crippen LogP) is 4.31. The van der Waals surface area contributed by atoms with Crippen LogP contribution in [-0.4, -0.2) is 31.1 Å². The maximum absolute atomic E-state index is 14.6. The van der Waals surface area contributed by atoms with Gasteiger partial charge in [-0.3, -0.25) is 4.90 Å². The first-order valence-corrected chi connectivity index (χ1v) is 8.18. The number of hydrogen-bond donors (Lipinski definition) is 1. The predicted molar refractivity (Wildman–Crippen MR) is 92.7 cm³/mol. The zero-order valence-electron chi connectivity index (χ0n) is 13.0. The van der Waals surface area contributed by atoms with Crippen LogP contribution in [0.2, 0.25) is 0 Å². The van der Waals surface area contributed by atoms with Crippen molar-refractivity contribution in [1.82, 2.24) is 10.2 Å². The van der Waals surface area contributed by atoms with Gasteiger partial charge >= 0.3 is 0 Å². The van der Waals surface area contributed by atoms with Crippen LogP contribution < -0.4 is 5.32 Å². The lowest BCUT2D eigenvalue weighted by Gasteiger charge is -2.36. The molecule has 0 saturated carbocycles. The molecule has 1 aromatic rings. The summed E-state index contributed by atoms with van der Waals surface area (Å²) in [6, 6.07) is 3.98. The summed E-state index contributed by atoms with van der Waals surface area (Å²) in [6.07, 6.45) is 0.993. The van der Waals surface area contributed by atoms with Gasteiger partial charge in [-0.25, -0.2) is 4.39 Å². The van der Waals surface area contributed by atoms with E-state index >= 15 is 0 Å². The van der Waals surface area contributed by atoms with Gasteiger partial charge in [0.15, 0.2) is 0 Å². The number of halogens is 3. The fourth-order valence-electron chi connectivity index (χ4n) is 2.91. The van der Waals surface area contributed by atoms with Gasteiger partial charge in [-0.1, -0.05) is 29.8 Å². The van der Waals surface area contributed by atoms with E-state index in [1.54, 1.807) is 0 Å². The molecule has 1 saturated heterocycles. The fourth-order valence-corrected chi connectivity index (χ4v) is 3.50. The van der Waals surface area contributed by atoms with Crippen molar-refractivity contribution in [1.29, 1.82) is 0 Å². The second kappa shape index (κ2) is 8.47. The molecule has 1 aliphatic heterocycles. The molecule has 21 heavy (non-hydrogen) atoms. The highest BCUT2D eigenvalue weighted by Crippen LogP contribution is 2.33. The smallest absolute Gasteiger partial charge is 0.130 e. The van der Waals surface area contributed by atoms with Crippen molar-refractivity contribution in [2.24, 2.45) is 5.92 Å². The zero-order valence-corrected chi connectivity index (χ0v) is 15.4. The van der Waals surface area contributed by atoms with Crippen LogP contribution in [0.25, 0.3) is 0 Å². The van der Waals surface area contributed by atoms with Crippen LogP contribution in [0.1, 0.15) is 37.4 Å². The van der Waals surface area contributed by atoms with Crippen molar-refractivity contribution in [3.05, 3.63) is 33.5 Å². The van der Waals surface area contributed by atoms with Crippen LogP contribution in [-0.2, 0) is 0 Å². The van der Waals surface area contributed by atoms with Gasteiger partial charge < -0.3 is 5.32 Å². The van der Waals surface area contributed by atoms with Gasteiger partial charge in [0, 0.05) is 42.3 Å². The SMILES string of the molecule is Cc1cc(Br)cc([C@@H](CC(C)C)N2CCNCC2)c1F.Cl. The molecule has 1 N–H and O–H groups in total. The molecule has 0 aromatic heterocycles. The molecule has 1 atom stereocenters. The van der Waals surface area contributed by atoms with Crippen molar-refractivity contribution in [3.63, 3.8) is 0 Å². The van der Waals surface area contributed by atoms with Gasteiger partial charge in [0.1, 0.15) is 5.82 Å². The van der Waals surface area contributed by atoms with Gasteiger partial charge in [0.2, 0.25) is 0 Å². The van der Waals surface area contributed by atoms with E-state index in [-0.39, 0.29) is 24.3 Å². The first-order valence-electron chi connectivity index (χ1n) is 7.39. The number of rotatable bonds is 4. The Labute approximate surface area is 142 Å². The van der Waals surface area contributed by atoms with E-state index in [0.29, 0.717) is 5.92 Å². The Balaban J connectivity index is 0.00000220. The largest absolute Gasteiger partial charge is 0.314 e.